The van der Waals surface area contributed by atoms with Crippen molar-refractivity contribution in [1.82, 2.24) is 5.32 Å². The fourth-order valence-corrected chi connectivity index (χ4v) is 10.3. The molecular formula is C76H129NO10. The molecular weight excluding hydrogens is 1090 g/mol. The number of rotatable bonds is 59. The Hall–Kier alpha value is -3.94. The van der Waals surface area contributed by atoms with Crippen LogP contribution in [0, 0.1) is 0 Å². The smallest absolute Gasteiger partial charge is 0.306 e. The summed E-state index contributed by atoms with van der Waals surface area (Å²) in [4.78, 5) is 26.7. The van der Waals surface area contributed by atoms with E-state index < -0.39 is 67.4 Å². The number of hydrogen-bond acceptors (Lipinski definition) is 10. The normalized spacial score (nSPS) is 19.0. The number of amides is 1. The van der Waals surface area contributed by atoms with Gasteiger partial charge in [-0.05, 0) is 116 Å². The molecule has 0 aromatic heterocycles. The van der Waals surface area contributed by atoms with Gasteiger partial charge >= 0.3 is 5.97 Å². The van der Waals surface area contributed by atoms with Gasteiger partial charge in [0.2, 0.25) is 5.91 Å². The standard InChI is InChI=1S/C76H129NO10/c1-4-7-10-13-16-19-22-24-26-28-30-32-34-36-37-39-41-43-45-48-51-54-57-60-63-69(80)75(84)77-67(68(79)62-59-56-53-50-47-21-18-15-12-9-6-3)66-85-76-74(73(83)72(82)70(65-78)86-76)87-71(81)64-61-58-55-52-49-46-44-42-40-38-35-33-31-29-27-25-23-20-17-14-11-8-5-2/h8,11,16-17,19-20,24-27,30-33,36-38,40,59,62,67-70,72-74,76,78-80,82-83H,4-7,9-10,12-15,18,21-23,28-29,34-35,39,41-58,60-61,63-66H2,1-3H3,(H,77,84)/b11-8-,19-16-,20-17-,26-24-,27-25-,32-30-,33-31-,37-36-,40-38-,62-59+. The number of allylic oxidation sites excluding steroid dienone is 19. The van der Waals surface area contributed by atoms with Gasteiger partial charge in [0.25, 0.3) is 0 Å². The first-order chi connectivity index (χ1) is 42.7. The van der Waals surface area contributed by atoms with Crippen LogP contribution in [0.25, 0.3) is 0 Å². The molecule has 1 aliphatic rings. The van der Waals surface area contributed by atoms with E-state index in [-0.39, 0.29) is 19.4 Å². The summed E-state index contributed by atoms with van der Waals surface area (Å²) in [5.41, 5.74) is 0. The van der Waals surface area contributed by atoms with Crippen LogP contribution in [0.5, 0.6) is 0 Å². The first-order valence-electron chi connectivity index (χ1n) is 35.3. The molecule has 0 aromatic carbocycles. The Morgan fingerprint density at radius 3 is 1.26 bits per heavy atom. The predicted molar refractivity (Wildman–Crippen MR) is 365 cm³/mol. The van der Waals surface area contributed by atoms with Gasteiger partial charge in [0, 0.05) is 6.42 Å². The number of aliphatic hydroxyl groups excluding tert-OH is 5. The van der Waals surface area contributed by atoms with Crippen molar-refractivity contribution in [3.63, 3.8) is 0 Å². The number of carbonyl (C=O) groups excluding carboxylic acids is 2. The van der Waals surface area contributed by atoms with Gasteiger partial charge in [-0.3, -0.25) is 9.59 Å². The van der Waals surface area contributed by atoms with E-state index >= 15 is 0 Å². The maximum Gasteiger partial charge on any atom is 0.306 e. The number of unbranched alkanes of at least 4 members (excludes halogenated alkanes) is 27. The molecule has 0 bridgehead atoms. The van der Waals surface area contributed by atoms with Gasteiger partial charge in [-0.1, -0.05) is 284 Å². The Labute approximate surface area is 531 Å². The molecule has 0 aromatic rings. The highest BCUT2D eigenvalue weighted by Gasteiger charge is 2.47. The van der Waals surface area contributed by atoms with Gasteiger partial charge in [-0.2, -0.15) is 0 Å². The van der Waals surface area contributed by atoms with E-state index in [0.29, 0.717) is 12.8 Å². The van der Waals surface area contributed by atoms with E-state index in [1.807, 2.05) is 6.08 Å². The highest BCUT2D eigenvalue weighted by atomic mass is 16.7. The minimum Gasteiger partial charge on any atom is -0.454 e. The van der Waals surface area contributed by atoms with Crippen molar-refractivity contribution < 1.29 is 49.3 Å². The molecule has 11 nitrogen and oxygen atoms in total. The lowest BCUT2D eigenvalue weighted by Gasteiger charge is -2.41. The second-order valence-corrected chi connectivity index (χ2v) is 23.9. The summed E-state index contributed by atoms with van der Waals surface area (Å²) < 4.78 is 17.7. The summed E-state index contributed by atoms with van der Waals surface area (Å²) in [7, 11) is 0. The lowest BCUT2D eigenvalue weighted by Crippen LogP contribution is -2.61. The van der Waals surface area contributed by atoms with Gasteiger partial charge in [0.05, 0.1) is 25.4 Å². The monoisotopic (exact) mass is 1220 g/mol. The molecule has 0 saturated carbocycles. The van der Waals surface area contributed by atoms with Crippen LogP contribution in [0.15, 0.2) is 122 Å². The van der Waals surface area contributed by atoms with Crippen LogP contribution in [0.3, 0.4) is 0 Å². The molecule has 8 atom stereocenters. The van der Waals surface area contributed by atoms with Gasteiger partial charge in [-0.15, -0.1) is 0 Å². The van der Waals surface area contributed by atoms with Crippen molar-refractivity contribution in [3.05, 3.63) is 122 Å². The first kappa shape index (κ1) is 81.1. The first-order valence-corrected chi connectivity index (χ1v) is 35.3. The van der Waals surface area contributed by atoms with E-state index in [1.54, 1.807) is 6.08 Å². The summed E-state index contributed by atoms with van der Waals surface area (Å²) >= 11 is 0. The van der Waals surface area contributed by atoms with Gasteiger partial charge < -0.3 is 45.1 Å². The van der Waals surface area contributed by atoms with Crippen LogP contribution in [0.1, 0.15) is 284 Å². The zero-order valence-electron chi connectivity index (χ0n) is 55.3. The highest BCUT2D eigenvalue weighted by Crippen LogP contribution is 2.26. The highest BCUT2D eigenvalue weighted by molar-refractivity contribution is 5.80. The zero-order valence-corrected chi connectivity index (χ0v) is 55.3. The molecule has 1 aliphatic heterocycles. The summed E-state index contributed by atoms with van der Waals surface area (Å²) in [5, 5.41) is 57.2. The van der Waals surface area contributed by atoms with Crippen LogP contribution >= 0.6 is 0 Å². The van der Waals surface area contributed by atoms with E-state index in [9.17, 15) is 35.1 Å². The summed E-state index contributed by atoms with van der Waals surface area (Å²) in [6.07, 6.45) is 76.6. The van der Waals surface area contributed by atoms with Crippen LogP contribution in [-0.2, 0) is 23.8 Å². The summed E-state index contributed by atoms with van der Waals surface area (Å²) in [6, 6.07) is -1.04. The number of esters is 1. The molecule has 1 rings (SSSR count). The van der Waals surface area contributed by atoms with Gasteiger partial charge in [-0.25, -0.2) is 0 Å². The van der Waals surface area contributed by atoms with Gasteiger partial charge in [0.15, 0.2) is 12.4 Å². The lowest BCUT2D eigenvalue weighted by atomic mass is 9.99. The van der Waals surface area contributed by atoms with Crippen molar-refractivity contribution in [2.45, 2.75) is 333 Å². The van der Waals surface area contributed by atoms with Crippen molar-refractivity contribution in [3.8, 4) is 0 Å². The minimum atomic E-state index is -1.63. The lowest BCUT2D eigenvalue weighted by molar-refractivity contribution is -0.305. The fraction of sp³-hybridized carbons (Fsp3) is 0.711. The molecule has 11 heteroatoms. The van der Waals surface area contributed by atoms with Crippen LogP contribution in [-0.4, -0.2) is 99.6 Å². The maximum atomic E-state index is 13.5. The molecule has 8 unspecified atom stereocenters. The summed E-state index contributed by atoms with van der Waals surface area (Å²) in [6.45, 7) is 5.64. The quantitative estimate of drug-likeness (QED) is 0.0195. The SMILES string of the molecule is CC/C=C\C/C=C\C/C=C\C/C=C\C/C=C\CCCCCCCCCC(=O)OC1C(OCC(NC(=O)C(O)CCCCCCCCCC/C=C\C/C=C\C/C=C\C/C=C\CCCCC)C(O)/C=C/CCCCCCCCCCC)OC(CO)C(O)C1O. The molecule has 498 valence electrons. The fourth-order valence-electron chi connectivity index (χ4n) is 10.3. The molecule has 87 heavy (non-hydrogen) atoms. The summed E-state index contributed by atoms with van der Waals surface area (Å²) in [5.74, 6) is -1.22. The molecule has 6 N–H and O–H groups in total. The molecule has 1 saturated heterocycles. The van der Waals surface area contributed by atoms with Crippen molar-refractivity contribution in [2.75, 3.05) is 13.2 Å². The third kappa shape index (κ3) is 49.5. The zero-order chi connectivity index (χ0) is 63.1. The third-order valence-electron chi connectivity index (χ3n) is 15.8. The largest absolute Gasteiger partial charge is 0.454 e. The van der Waals surface area contributed by atoms with Crippen molar-refractivity contribution in [2.24, 2.45) is 0 Å². The molecule has 0 spiro atoms. The number of carbonyl (C=O) groups is 2. The average Bonchev–Trinajstić information content (AvgIpc) is 2.93. The minimum absolute atomic E-state index is 0.104. The number of hydrogen-bond donors (Lipinski definition) is 6. The predicted octanol–water partition coefficient (Wildman–Crippen LogP) is 18.2. The molecule has 1 amide bonds. The average molecular weight is 1220 g/mol. The second-order valence-electron chi connectivity index (χ2n) is 23.9. The third-order valence-corrected chi connectivity index (χ3v) is 15.8. The number of aliphatic hydroxyl groups is 5. The van der Waals surface area contributed by atoms with E-state index in [4.69, 9.17) is 14.2 Å². The van der Waals surface area contributed by atoms with Crippen molar-refractivity contribution in [1.29, 1.82) is 0 Å². The molecule has 1 heterocycles. The van der Waals surface area contributed by atoms with Crippen LogP contribution < -0.4 is 5.32 Å². The Kier molecular flexibility index (Phi) is 58.0. The van der Waals surface area contributed by atoms with Crippen molar-refractivity contribution >= 4 is 11.9 Å². The molecule has 1 fully saturated rings. The second kappa shape index (κ2) is 62.3. The Morgan fingerprint density at radius 1 is 0.460 bits per heavy atom. The Balaban J connectivity index is 2.59. The van der Waals surface area contributed by atoms with E-state index in [1.165, 1.54) is 89.9 Å². The maximum absolute atomic E-state index is 13.5. The van der Waals surface area contributed by atoms with E-state index in [2.05, 4.69) is 135 Å². The van der Waals surface area contributed by atoms with E-state index in [0.717, 1.165) is 148 Å². The van der Waals surface area contributed by atoms with Crippen LogP contribution in [0.2, 0.25) is 0 Å². The van der Waals surface area contributed by atoms with Gasteiger partial charge in [0.1, 0.15) is 24.4 Å². The topological polar surface area (TPSA) is 175 Å². The number of nitrogens with one attached hydrogen (secondary N) is 1. The Bertz CT molecular complexity index is 1880. The number of ether oxygens (including phenoxy) is 3. The Morgan fingerprint density at radius 2 is 0.828 bits per heavy atom. The van der Waals surface area contributed by atoms with Crippen LogP contribution in [0.4, 0.5) is 0 Å². The molecule has 0 aliphatic carbocycles. The molecule has 0 radical (unpaired) electrons.